The van der Waals surface area contributed by atoms with Crippen molar-refractivity contribution >= 4 is 11.9 Å². The van der Waals surface area contributed by atoms with Crippen molar-refractivity contribution in [3.63, 3.8) is 0 Å². The standard InChI is InChI=1S/C22H37N5O3/c23-11-22(6-16(28)7-22)18(30)26-12-20-2-14-1-15(3-20)5-21(4-14,10-20)13-27-19-24-8-17(29)9-25-19/h14-17,28-29H,1-13,23H2,(H,26,30)(H2,24,25,27). The summed E-state index contributed by atoms with van der Waals surface area (Å²) < 4.78 is 0. The lowest BCUT2D eigenvalue weighted by molar-refractivity contribution is -0.146. The van der Waals surface area contributed by atoms with Crippen LogP contribution in [-0.2, 0) is 4.79 Å². The lowest BCUT2D eigenvalue weighted by Gasteiger charge is -2.62. The number of hydrogen-bond acceptors (Lipinski definition) is 7. The number of aliphatic hydroxyl groups is 2. The molecule has 8 heteroatoms. The third-order valence-electron chi connectivity index (χ3n) is 8.65. The van der Waals surface area contributed by atoms with Gasteiger partial charge in [-0.25, -0.2) is 0 Å². The Kier molecular flexibility index (Phi) is 5.02. The molecule has 30 heavy (non-hydrogen) atoms. The monoisotopic (exact) mass is 419 g/mol. The number of carbonyl (C=O) groups is 1. The first-order valence-electron chi connectivity index (χ1n) is 11.7. The molecule has 0 aromatic carbocycles. The van der Waals surface area contributed by atoms with Crippen LogP contribution in [0.15, 0.2) is 4.99 Å². The van der Waals surface area contributed by atoms with Crippen LogP contribution in [0.4, 0.5) is 0 Å². The number of nitrogens with one attached hydrogen (secondary N) is 3. The Labute approximate surface area is 178 Å². The van der Waals surface area contributed by atoms with Gasteiger partial charge in [0.15, 0.2) is 5.96 Å². The van der Waals surface area contributed by atoms with Gasteiger partial charge in [-0.2, -0.15) is 0 Å². The van der Waals surface area contributed by atoms with Crippen molar-refractivity contribution in [2.75, 3.05) is 32.7 Å². The number of aliphatic imine (C=N–C) groups is 1. The average molecular weight is 420 g/mol. The van der Waals surface area contributed by atoms with E-state index in [1.807, 2.05) is 0 Å². The van der Waals surface area contributed by atoms with Crippen LogP contribution in [0.5, 0.6) is 0 Å². The number of β-amino-alcohol motifs (C(OH)–C–C–N with tert-alkyl or cyclic N) is 1. The zero-order valence-corrected chi connectivity index (χ0v) is 17.8. The van der Waals surface area contributed by atoms with Gasteiger partial charge < -0.3 is 31.9 Å². The molecule has 0 saturated heterocycles. The van der Waals surface area contributed by atoms with Crippen molar-refractivity contribution in [3.8, 4) is 0 Å². The third-order valence-corrected chi connectivity index (χ3v) is 8.65. The molecular formula is C22H37N5O3. The summed E-state index contributed by atoms with van der Waals surface area (Å²) in [5, 5.41) is 29.3. The topological polar surface area (TPSA) is 132 Å². The quantitative estimate of drug-likeness (QED) is 0.350. The van der Waals surface area contributed by atoms with Gasteiger partial charge in [0, 0.05) is 26.2 Å². The van der Waals surface area contributed by atoms with Crippen LogP contribution in [-0.4, -0.2) is 67.0 Å². The highest BCUT2D eigenvalue weighted by atomic mass is 16.3. The summed E-state index contributed by atoms with van der Waals surface area (Å²) in [7, 11) is 0. The molecule has 1 aliphatic heterocycles. The highest BCUT2D eigenvalue weighted by Crippen LogP contribution is 2.64. The minimum absolute atomic E-state index is 0.0394. The van der Waals surface area contributed by atoms with Gasteiger partial charge in [0.05, 0.1) is 24.2 Å². The SMILES string of the molecule is NCC1(C(=O)NCC23CC4CC(C2)CC(CNC2=NCC(O)CN2)(C4)C3)CC(O)C1. The van der Waals surface area contributed by atoms with E-state index in [0.29, 0.717) is 32.5 Å². The van der Waals surface area contributed by atoms with E-state index in [1.54, 1.807) is 0 Å². The summed E-state index contributed by atoms with van der Waals surface area (Å²) in [6.45, 7) is 2.98. The number of nitrogens with two attached hydrogens (primary N) is 1. The minimum atomic E-state index is -0.559. The molecule has 6 aliphatic rings. The molecule has 7 N–H and O–H groups in total. The van der Waals surface area contributed by atoms with Gasteiger partial charge in [0.25, 0.3) is 0 Å². The Bertz CT molecular complexity index is 706. The molecule has 5 aliphatic carbocycles. The summed E-state index contributed by atoms with van der Waals surface area (Å²) in [5.41, 5.74) is 5.80. The molecule has 4 bridgehead atoms. The molecule has 3 unspecified atom stereocenters. The summed E-state index contributed by atoms with van der Waals surface area (Å²) in [6.07, 6.45) is 7.65. The lowest BCUT2D eigenvalue weighted by Crippen LogP contribution is -2.61. The maximum absolute atomic E-state index is 12.9. The predicted octanol–water partition coefficient (Wildman–Crippen LogP) is -0.301. The molecule has 1 amide bonds. The normalized spacial score (nSPS) is 46.6. The van der Waals surface area contributed by atoms with Crippen molar-refractivity contribution in [3.05, 3.63) is 0 Å². The highest BCUT2D eigenvalue weighted by molar-refractivity contribution is 5.84. The van der Waals surface area contributed by atoms with Crippen LogP contribution < -0.4 is 21.7 Å². The molecule has 5 saturated carbocycles. The number of hydrogen-bond donors (Lipinski definition) is 6. The van der Waals surface area contributed by atoms with E-state index in [0.717, 1.165) is 37.3 Å². The van der Waals surface area contributed by atoms with E-state index in [4.69, 9.17) is 5.73 Å². The molecule has 8 nitrogen and oxygen atoms in total. The summed E-state index contributed by atoms with van der Waals surface area (Å²) >= 11 is 0. The highest BCUT2D eigenvalue weighted by Gasteiger charge is 2.58. The average Bonchev–Trinajstić information content (AvgIpc) is 2.68. The largest absolute Gasteiger partial charge is 0.393 e. The van der Waals surface area contributed by atoms with Crippen molar-refractivity contribution in [2.24, 2.45) is 38.8 Å². The Morgan fingerprint density at radius 2 is 1.73 bits per heavy atom. The summed E-state index contributed by atoms with van der Waals surface area (Å²) in [5.74, 6) is 2.36. The van der Waals surface area contributed by atoms with Gasteiger partial charge in [-0.1, -0.05) is 0 Å². The second-order valence-corrected chi connectivity index (χ2v) is 11.3. The Balaban J connectivity index is 1.23. The molecule has 1 heterocycles. The number of aliphatic hydroxyl groups excluding tert-OH is 2. The summed E-state index contributed by atoms with van der Waals surface area (Å²) in [4.78, 5) is 17.3. The minimum Gasteiger partial charge on any atom is -0.393 e. The first-order valence-corrected chi connectivity index (χ1v) is 11.7. The second kappa shape index (κ2) is 7.35. The van der Waals surface area contributed by atoms with E-state index in [1.165, 1.54) is 32.1 Å². The fourth-order valence-corrected chi connectivity index (χ4v) is 7.73. The van der Waals surface area contributed by atoms with Crippen LogP contribution in [0.3, 0.4) is 0 Å². The van der Waals surface area contributed by atoms with Gasteiger partial charge in [-0.3, -0.25) is 9.79 Å². The maximum atomic E-state index is 12.9. The van der Waals surface area contributed by atoms with E-state index < -0.39 is 11.5 Å². The maximum Gasteiger partial charge on any atom is 0.227 e. The van der Waals surface area contributed by atoms with Gasteiger partial charge >= 0.3 is 0 Å². The van der Waals surface area contributed by atoms with E-state index >= 15 is 0 Å². The van der Waals surface area contributed by atoms with Crippen LogP contribution in [0.25, 0.3) is 0 Å². The molecule has 0 aromatic heterocycles. The number of amides is 1. The number of nitrogens with zero attached hydrogens (tertiary/aromatic N) is 1. The lowest BCUT2D eigenvalue weighted by atomic mass is 9.44. The van der Waals surface area contributed by atoms with Crippen molar-refractivity contribution in [1.29, 1.82) is 0 Å². The predicted molar refractivity (Wildman–Crippen MR) is 114 cm³/mol. The number of carbonyl (C=O) groups excluding carboxylic acids is 1. The third kappa shape index (κ3) is 3.60. The molecule has 6 rings (SSSR count). The van der Waals surface area contributed by atoms with Crippen LogP contribution >= 0.6 is 0 Å². The van der Waals surface area contributed by atoms with Crippen molar-refractivity contribution in [1.82, 2.24) is 16.0 Å². The molecule has 0 radical (unpaired) electrons. The first-order chi connectivity index (χ1) is 14.3. The fraction of sp³-hybridized carbons (Fsp3) is 0.909. The molecule has 3 atom stereocenters. The van der Waals surface area contributed by atoms with E-state index in [-0.39, 0.29) is 22.8 Å². The molecule has 0 spiro atoms. The fourth-order valence-electron chi connectivity index (χ4n) is 7.73. The molecular weight excluding hydrogens is 382 g/mol. The number of rotatable bonds is 6. The van der Waals surface area contributed by atoms with E-state index in [9.17, 15) is 15.0 Å². The zero-order valence-electron chi connectivity index (χ0n) is 17.8. The molecule has 5 fully saturated rings. The van der Waals surface area contributed by atoms with Gasteiger partial charge in [0.1, 0.15) is 0 Å². The molecule has 0 aromatic rings. The number of guanidine groups is 1. The van der Waals surface area contributed by atoms with Gasteiger partial charge in [-0.15, -0.1) is 0 Å². The van der Waals surface area contributed by atoms with Crippen molar-refractivity contribution in [2.45, 2.75) is 63.6 Å². The smallest absolute Gasteiger partial charge is 0.227 e. The Morgan fingerprint density at radius 1 is 1.07 bits per heavy atom. The van der Waals surface area contributed by atoms with Crippen molar-refractivity contribution < 1.29 is 15.0 Å². The van der Waals surface area contributed by atoms with Gasteiger partial charge in [-0.05, 0) is 74.0 Å². The zero-order chi connectivity index (χ0) is 21.0. The molecule has 168 valence electrons. The van der Waals surface area contributed by atoms with Crippen LogP contribution in [0.1, 0.15) is 51.4 Å². The van der Waals surface area contributed by atoms with E-state index in [2.05, 4.69) is 20.9 Å². The Morgan fingerprint density at radius 3 is 2.30 bits per heavy atom. The summed E-state index contributed by atoms with van der Waals surface area (Å²) in [6, 6.07) is 0. The van der Waals surface area contributed by atoms with Crippen LogP contribution in [0, 0.1) is 28.1 Å². The van der Waals surface area contributed by atoms with Gasteiger partial charge in [0.2, 0.25) is 5.91 Å². The second-order valence-electron chi connectivity index (χ2n) is 11.3. The Hall–Kier alpha value is -1.38. The van der Waals surface area contributed by atoms with Crippen LogP contribution in [0.2, 0.25) is 0 Å². The first kappa shape index (κ1) is 20.5.